The Morgan fingerprint density at radius 1 is 1.57 bits per heavy atom. The Hall–Kier alpha value is -0.540. The van der Waals surface area contributed by atoms with Gasteiger partial charge in [0.2, 0.25) is 0 Å². The maximum atomic E-state index is 11.4. The van der Waals surface area contributed by atoms with Gasteiger partial charge >= 0.3 is 5.97 Å². The van der Waals surface area contributed by atoms with Crippen molar-refractivity contribution in [2.45, 2.75) is 13.8 Å². The second kappa shape index (κ2) is 4.80. The van der Waals surface area contributed by atoms with Crippen LogP contribution in [0.15, 0.2) is 16.6 Å². The molecule has 0 N–H and O–H groups in total. The van der Waals surface area contributed by atoms with Gasteiger partial charge in [-0.2, -0.15) is 0 Å². The first-order chi connectivity index (χ1) is 6.56. The Bertz CT molecular complexity index is 340. The van der Waals surface area contributed by atoms with Crippen molar-refractivity contribution in [2.24, 2.45) is 0 Å². The van der Waals surface area contributed by atoms with Crippen LogP contribution in [0, 0.1) is 6.92 Å². The SMILES string of the molecule is CCOC(=O)c1cc(C)c(Cl)c(Br)c1. The summed E-state index contributed by atoms with van der Waals surface area (Å²) >= 11 is 9.21. The average molecular weight is 278 g/mol. The smallest absolute Gasteiger partial charge is 0.338 e. The molecule has 1 rings (SSSR count). The highest BCUT2D eigenvalue weighted by atomic mass is 79.9. The van der Waals surface area contributed by atoms with Crippen molar-refractivity contribution in [1.29, 1.82) is 0 Å². The molecule has 0 unspecified atom stereocenters. The van der Waals surface area contributed by atoms with Gasteiger partial charge in [-0.05, 0) is 47.5 Å². The molecule has 0 radical (unpaired) electrons. The molecular formula is C10H10BrClO2. The van der Waals surface area contributed by atoms with E-state index in [4.69, 9.17) is 16.3 Å². The van der Waals surface area contributed by atoms with Gasteiger partial charge in [0.25, 0.3) is 0 Å². The number of hydrogen-bond acceptors (Lipinski definition) is 2. The Morgan fingerprint density at radius 3 is 2.71 bits per heavy atom. The van der Waals surface area contributed by atoms with Crippen LogP contribution >= 0.6 is 27.5 Å². The van der Waals surface area contributed by atoms with Crippen LogP contribution in [0.1, 0.15) is 22.8 Å². The van der Waals surface area contributed by atoms with Gasteiger partial charge in [0.15, 0.2) is 0 Å². The standard InChI is InChI=1S/C10H10BrClO2/c1-3-14-10(13)7-4-6(2)9(12)8(11)5-7/h4-5H,3H2,1-2H3. The molecule has 0 saturated carbocycles. The van der Waals surface area contributed by atoms with Crippen molar-refractivity contribution in [3.05, 3.63) is 32.8 Å². The molecule has 1 aromatic rings. The molecule has 0 aliphatic heterocycles. The van der Waals surface area contributed by atoms with E-state index in [0.29, 0.717) is 21.7 Å². The van der Waals surface area contributed by atoms with E-state index in [2.05, 4.69) is 15.9 Å². The molecule has 0 fully saturated rings. The summed E-state index contributed by atoms with van der Waals surface area (Å²) in [5, 5.41) is 0.623. The highest BCUT2D eigenvalue weighted by Crippen LogP contribution is 2.27. The third-order valence-electron chi connectivity index (χ3n) is 1.72. The maximum absolute atomic E-state index is 11.4. The Morgan fingerprint density at radius 2 is 2.21 bits per heavy atom. The Balaban J connectivity index is 3.06. The minimum Gasteiger partial charge on any atom is -0.462 e. The van der Waals surface area contributed by atoms with E-state index in [9.17, 15) is 4.79 Å². The summed E-state index contributed by atoms with van der Waals surface area (Å²) in [6.45, 7) is 3.99. The number of aryl methyl sites for hydroxylation is 1. The summed E-state index contributed by atoms with van der Waals surface area (Å²) in [5.74, 6) is -0.326. The van der Waals surface area contributed by atoms with Crippen LogP contribution in [-0.2, 0) is 4.74 Å². The van der Waals surface area contributed by atoms with E-state index in [1.54, 1.807) is 19.1 Å². The monoisotopic (exact) mass is 276 g/mol. The van der Waals surface area contributed by atoms with Gasteiger partial charge in [0, 0.05) is 4.47 Å². The highest BCUT2D eigenvalue weighted by molar-refractivity contribution is 9.10. The average Bonchev–Trinajstić information content (AvgIpc) is 2.13. The molecule has 0 heterocycles. The van der Waals surface area contributed by atoms with E-state index in [-0.39, 0.29) is 5.97 Å². The van der Waals surface area contributed by atoms with Crippen molar-refractivity contribution in [3.8, 4) is 0 Å². The van der Waals surface area contributed by atoms with E-state index in [1.165, 1.54) is 0 Å². The molecule has 0 spiro atoms. The molecular weight excluding hydrogens is 267 g/mol. The molecule has 1 aromatic carbocycles. The van der Waals surface area contributed by atoms with Crippen LogP contribution in [0.5, 0.6) is 0 Å². The third-order valence-corrected chi connectivity index (χ3v) is 3.08. The van der Waals surface area contributed by atoms with Gasteiger partial charge in [0.05, 0.1) is 17.2 Å². The summed E-state index contributed by atoms with van der Waals surface area (Å²) in [6.07, 6.45) is 0. The predicted molar refractivity (Wildman–Crippen MR) is 59.8 cm³/mol. The van der Waals surface area contributed by atoms with Gasteiger partial charge in [-0.25, -0.2) is 4.79 Å². The first kappa shape index (κ1) is 11.5. The fourth-order valence-electron chi connectivity index (χ4n) is 1.06. The Labute approximate surface area is 96.3 Å². The van der Waals surface area contributed by atoms with E-state index in [0.717, 1.165) is 5.56 Å². The van der Waals surface area contributed by atoms with E-state index in [1.807, 2.05) is 6.92 Å². The lowest BCUT2D eigenvalue weighted by atomic mass is 10.1. The van der Waals surface area contributed by atoms with Crippen molar-refractivity contribution in [2.75, 3.05) is 6.61 Å². The molecule has 0 aliphatic rings. The summed E-state index contributed by atoms with van der Waals surface area (Å²) in [5.41, 5.74) is 1.37. The normalized spacial score (nSPS) is 10.0. The number of carbonyl (C=O) groups is 1. The van der Waals surface area contributed by atoms with Crippen LogP contribution < -0.4 is 0 Å². The molecule has 76 valence electrons. The van der Waals surface area contributed by atoms with Crippen molar-refractivity contribution in [1.82, 2.24) is 0 Å². The molecule has 0 atom stereocenters. The molecule has 0 aliphatic carbocycles. The summed E-state index contributed by atoms with van der Waals surface area (Å²) in [4.78, 5) is 11.4. The molecule has 0 saturated heterocycles. The molecule has 0 bridgehead atoms. The first-order valence-corrected chi connectivity index (χ1v) is 5.36. The zero-order valence-electron chi connectivity index (χ0n) is 7.93. The number of benzene rings is 1. The third kappa shape index (κ3) is 2.49. The molecule has 0 aromatic heterocycles. The lowest BCUT2D eigenvalue weighted by Crippen LogP contribution is -2.05. The number of carbonyl (C=O) groups excluding carboxylic acids is 1. The predicted octanol–water partition coefficient (Wildman–Crippen LogP) is 3.59. The zero-order valence-corrected chi connectivity index (χ0v) is 10.3. The summed E-state index contributed by atoms with van der Waals surface area (Å²) in [7, 11) is 0. The van der Waals surface area contributed by atoms with Crippen molar-refractivity contribution >= 4 is 33.5 Å². The van der Waals surface area contributed by atoms with E-state index >= 15 is 0 Å². The van der Waals surface area contributed by atoms with Crippen molar-refractivity contribution in [3.63, 3.8) is 0 Å². The first-order valence-electron chi connectivity index (χ1n) is 4.19. The van der Waals surface area contributed by atoms with E-state index < -0.39 is 0 Å². The van der Waals surface area contributed by atoms with Gasteiger partial charge in [-0.15, -0.1) is 0 Å². The largest absolute Gasteiger partial charge is 0.462 e. The molecule has 4 heteroatoms. The highest BCUT2D eigenvalue weighted by Gasteiger charge is 2.10. The number of esters is 1. The Kier molecular flexibility index (Phi) is 3.96. The number of hydrogen-bond donors (Lipinski definition) is 0. The van der Waals surface area contributed by atoms with Gasteiger partial charge in [-0.3, -0.25) is 0 Å². The molecule has 14 heavy (non-hydrogen) atoms. The topological polar surface area (TPSA) is 26.3 Å². The van der Waals surface area contributed by atoms with Gasteiger partial charge in [0.1, 0.15) is 0 Å². The lowest BCUT2D eigenvalue weighted by Gasteiger charge is -2.05. The number of ether oxygens (including phenoxy) is 1. The molecule has 2 nitrogen and oxygen atoms in total. The number of halogens is 2. The fraction of sp³-hybridized carbons (Fsp3) is 0.300. The van der Waals surface area contributed by atoms with Crippen LogP contribution in [0.25, 0.3) is 0 Å². The second-order valence-corrected chi connectivity index (χ2v) is 4.04. The number of rotatable bonds is 2. The minimum atomic E-state index is -0.326. The van der Waals surface area contributed by atoms with Crippen LogP contribution in [0.2, 0.25) is 5.02 Å². The maximum Gasteiger partial charge on any atom is 0.338 e. The molecule has 0 amide bonds. The fourth-order valence-corrected chi connectivity index (χ4v) is 1.73. The van der Waals surface area contributed by atoms with Crippen molar-refractivity contribution < 1.29 is 9.53 Å². The lowest BCUT2D eigenvalue weighted by molar-refractivity contribution is 0.0526. The zero-order chi connectivity index (χ0) is 10.7. The quantitative estimate of drug-likeness (QED) is 0.772. The van der Waals surface area contributed by atoms with Crippen LogP contribution in [0.3, 0.4) is 0 Å². The second-order valence-electron chi connectivity index (χ2n) is 2.81. The summed E-state index contributed by atoms with van der Waals surface area (Å²) in [6, 6.07) is 3.37. The minimum absolute atomic E-state index is 0.326. The summed E-state index contributed by atoms with van der Waals surface area (Å²) < 4.78 is 5.59. The van der Waals surface area contributed by atoms with Crippen LogP contribution in [0.4, 0.5) is 0 Å². The van der Waals surface area contributed by atoms with Gasteiger partial charge in [-0.1, -0.05) is 11.6 Å². The van der Waals surface area contributed by atoms with Gasteiger partial charge < -0.3 is 4.74 Å². The van der Waals surface area contributed by atoms with Crippen LogP contribution in [-0.4, -0.2) is 12.6 Å².